The number of aromatic nitrogens is 2. The molecule has 0 saturated carbocycles. The van der Waals surface area contributed by atoms with Crippen LogP contribution in [0.25, 0.3) is 5.69 Å². The average molecular weight is 327 g/mol. The van der Waals surface area contributed by atoms with Gasteiger partial charge < -0.3 is 14.7 Å². The minimum absolute atomic E-state index is 0.269. The van der Waals surface area contributed by atoms with Gasteiger partial charge in [-0.05, 0) is 37.6 Å². The van der Waals surface area contributed by atoms with Crippen molar-refractivity contribution in [3.63, 3.8) is 0 Å². The summed E-state index contributed by atoms with van der Waals surface area (Å²) < 4.78 is 42.0. The third-order valence-corrected chi connectivity index (χ3v) is 3.68. The van der Waals surface area contributed by atoms with Gasteiger partial charge in [0.05, 0.1) is 11.8 Å². The van der Waals surface area contributed by atoms with Crippen LogP contribution in [0.4, 0.5) is 19.0 Å². The predicted octanol–water partition coefficient (Wildman–Crippen LogP) is 2.65. The second-order valence-electron chi connectivity index (χ2n) is 5.49. The summed E-state index contributed by atoms with van der Waals surface area (Å²) in [5.41, 5.74) is 1.49. The van der Waals surface area contributed by atoms with Gasteiger partial charge in [-0.15, -0.1) is 13.2 Å². The van der Waals surface area contributed by atoms with E-state index in [9.17, 15) is 18.3 Å². The summed E-state index contributed by atoms with van der Waals surface area (Å²) in [5, 5.41) is 14.1. The molecule has 1 saturated heterocycles. The van der Waals surface area contributed by atoms with Crippen molar-refractivity contribution in [2.75, 3.05) is 18.0 Å². The number of aryl methyl sites for hydroxylation is 1. The van der Waals surface area contributed by atoms with Gasteiger partial charge in [0.25, 0.3) is 0 Å². The Morgan fingerprint density at radius 2 is 1.96 bits per heavy atom. The number of alkyl halides is 3. The molecule has 1 atom stereocenters. The van der Waals surface area contributed by atoms with Crippen LogP contribution in [-0.4, -0.2) is 40.4 Å². The van der Waals surface area contributed by atoms with Gasteiger partial charge in [0.1, 0.15) is 5.75 Å². The molecule has 2 aromatic rings. The summed E-state index contributed by atoms with van der Waals surface area (Å²) in [6.07, 6.45) is -4.35. The van der Waals surface area contributed by atoms with E-state index in [4.69, 9.17) is 0 Å². The zero-order valence-corrected chi connectivity index (χ0v) is 12.4. The highest BCUT2D eigenvalue weighted by Gasteiger charge is 2.31. The zero-order valence-electron chi connectivity index (χ0n) is 12.4. The highest BCUT2D eigenvalue weighted by Crippen LogP contribution is 2.25. The molecule has 0 bridgehead atoms. The van der Waals surface area contributed by atoms with Gasteiger partial charge in [0, 0.05) is 24.8 Å². The zero-order chi connectivity index (χ0) is 16.6. The molecular formula is C15H16F3N3O2. The molecule has 1 aromatic heterocycles. The number of aliphatic hydroxyl groups is 1. The van der Waals surface area contributed by atoms with Crippen LogP contribution in [0.2, 0.25) is 0 Å². The van der Waals surface area contributed by atoms with Crippen molar-refractivity contribution in [3.8, 4) is 11.4 Å². The number of β-amino-alcohol motifs (C(OH)–C–C–N with tert-alkyl or cyclic N) is 1. The fourth-order valence-electron chi connectivity index (χ4n) is 2.61. The number of nitrogens with zero attached hydrogens (tertiary/aromatic N) is 3. The van der Waals surface area contributed by atoms with Crippen molar-refractivity contribution in [2.45, 2.75) is 25.8 Å². The maximum atomic E-state index is 12.2. The molecule has 0 aliphatic carbocycles. The Morgan fingerprint density at radius 1 is 1.26 bits per heavy atom. The summed E-state index contributed by atoms with van der Waals surface area (Å²) in [6, 6.07) is 7.43. The van der Waals surface area contributed by atoms with Gasteiger partial charge in [-0.2, -0.15) is 5.10 Å². The van der Waals surface area contributed by atoms with Crippen LogP contribution in [0.15, 0.2) is 30.3 Å². The van der Waals surface area contributed by atoms with E-state index in [1.54, 1.807) is 4.68 Å². The van der Waals surface area contributed by atoms with Crippen molar-refractivity contribution >= 4 is 5.82 Å². The number of hydrogen-bond donors (Lipinski definition) is 1. The van der Waals surface area contributed by atoms with E-state index < -0.39 is 6.36 Å². The number of aliphatic hydroxyl groups excluding tert-OH is 1. The molecule has 124 valence electrons. The van der Waals surface area contributed by atoms with E-state index >= 15 is 0 Å². The largest absolute Gasteiger partial charge is 0.573 e. The second kappa shape index (κ2) is 5.77. The lowest BCUT2D eigenvalue weighted by Gasteiger charge is -2.13. The SMILES string of the molecule is Cc1cc(N2CCC(O)C2)nn1-c1ccc(OC(F)(F)F)cc1. The molecule has 0 amide bonds. The topological polar surface area (TPSA) is 50.5 Å². The van der Waals surface area contributed by atoms with Crippen LogP contribution >= 0.6 is 0 Å². The molecule has 1 unspecified atom stereocenters. The van der Waals surface area contributed by atoms with Crippen molar-refractivity contribution in [2.24, 2.45) is 0 Å². The monoisotopic (exact) mass is 327 g/mol. The quantitative estimate of drug-likeness (QED) is 0.942. The van der Waals surface area contributed by atoms with Gasteiger partial charge in [-0.25, -0.2) is 4.68 Å². The molecule has 1 aliphatic heterocycles. The minimum atomic E-state index is -4.70. The van der Waals surface area contributed by atoms with E-state index in [1.807, 2.05) is 17.9 Å². The van der Waals surface area contributed by atoms with E-state index in [0.717, 1.165) is 18.1 Å². The van der Waals surface area contributed by atoms with Crippen molar-refractivity contribution < 1.29 is 23.0 Å². The summed E-state index contributed by atoms with van der Waals surface area (Å²) in [5.74, 6) is 0.476. The van der Waals surface area contributed by atoms with E-state index in [1.165, 1.54) is 24.3 Å². The molecule has 3 rings (SSSR count). The third-order valence-electron chi connectivity index (χ3n) is 3.68. The van der Waals surface area contributed by atoms with Gasteiger partial charge in [-0.3, -0.25) is 0 Å². The molecule has 1 N–H and O–H groups in total. The molecule has 0 radical (unpaired) electrons. The average Bonchev–Trinajstić information content (AvgIpc) is 3.04. The Balaban J connectivity index is 1.80. The Labute approximate surface area is 130 Å². The first-order valence-electron chi connectivity index (χ1n) is 7.18. The van der Waals surface area contributed by atoms with Gasteiger partial charge in [0.2, 0.25) is 0 Å². The fourth-order valence-corrected chi connectivity index (χ4v) is 2.61. The second-order valence-corrected chi connectivity index (χ2v) is 5.49. The molecule has 5 nitrogen and oxygen atoms in total. The van der Waals surface area contributed by atoms with Crippen molar-refractivity contribution in [1.29, 1.82) is 0 Å². The van der Waals surface area contributed by atoms with Crippen molar-refractivity contribution in [3.05, 3.63) is 36.0 Å². The highest BCUT2D eigenvalue weighted by molar-refractivity contribution is 5.45. The Morgan fingerprint density at radius 3 is 2.52 bits per heavy atom. The molecule has 1 fully saturated rings. The highest BCUT2D eigenvalue weighted by atomic mass is 19.4. The smallest absolute Gasteiger partial charge is 0.406 e. The Kier molecular flexibility index (Phi) is 3.93. The number of anilines is 1. The molecule has 23 heavy (non-hydrogen) atoms. The summed E-state index contributed by atoms with van der Waals surface area (Å²) in [6.45, 7) is 3.13. The molecule has 0 spiro atoms. The van der Waals surface area contributed by atoms with E-state index in [2.05, 4.69) is 9.84 Å². The van der Waals surface area contributed by atoms with Crippen molar-refractivity contribution in [1.82, 2.24) is 9.78 Å². The molecule has 1 aromatic carbocycles. The lowest BCUT2D eigenvalue weighted by atomic mass is 10.3. The molecule has 2 heterocycles. The van der Waals surface area contributed by atoms with Crippen LogP contribution < -0.4 is 9.64 Å². The normalized spacial score (nSPS) is 18.5. The first kappa shape index (κ1) is 15.7. The maximum absolute atomic E-state index is 12.2. The summed E-state index contributed by atoms with van der Waals surface area (Å²) in [7, 11) is 0. The third kappa shape index (κ3) is 3.58. The van der Waals surface area contributed by atoms with Crippen LogP contribution in [-0.2, 0) is 0 Å². The van der Waals surface area contributed by atoms with Gasteiger partial charge in [0.15, 0.2) is 5.82 Å². The van der Waals surface area contributed by atoms with Gasteiger partial charge in [-0.1, -0.05) is 0 Å². The fraction of sp³-hybridized carbons (Fsp3) is 0.400. The van der Waals surface area contributed by atoms with E-state index in [-0.39, 0.29) is 11.9 Å². The lowest BCUT2D eigenvalue weighted by molar-refractivity contribution is -0.274. The first-order valence-corrected chi connectivity index (χ1v) is 7.18. The number of ether oxygens (including phenoxy) is 1. The standard InChI is InChI=1S/C15H16F3N3O2/c1-10-8-14(20-7-6-12(22)9-20)19-21(10)11-2-4-13(5-3-11)23-15(16,17)18/h2-5,8,12,22H,6-7,9H2,1H3. The predicted molar refractivity (Wildman–Crippen MR) is 77.8 cm³/mol. The summed E-state index contributed by atoms with van der Waals surface area (Å²) >= 11 is 0. The van der Waals surface area contributed by atoms with E-state index in [0.29, 0.717) is 18.7 Å². The van der Waals surface area contributed by atoms with Crippen LogP contribution in [0.5, 0.6) is 5.75 Å². The summed E-state index contributed by atoms with van der Waals surface area (Å²) in [4.78, 5) is 1.98. The molecule has 8 heteroatoms. The number of rotatable bonds is 3. The number of halogens is 3. The molecule has 1 aliphatic rings. The lowest BCUT2D eigenvalue weighted by Crippen LogP contribution is -2.21. The van der Waals surface area contributed by atoms with Gasteiger partial charge >= 0.3 is 6.36 Å². The first-order chi connectivity index (χ1) is 10.8. The van der Waals surface area contributed by atoms with Crippen LogP contribution in [0.3, 0.4) is 0 Å². The van der Waals surface area contributed by atoms with Crippen LogP contribution in [0, 0.1) is 6.92 Å². The maximum Gasteiger partial charge on any atom is 0.573 e. The molecular weight excluding hydrogens is 311 g/mol. The number of benzene rings is 1. The number of hydrogen-bond acceptors (Lipinski definition) is 4. The van der Waals surface area contributed by atoms with Crippen LogP contribution in [0.1, 0.15) is 12.1 Å². The Bertz CT molecular complexity index is 682. The Hall–Kier alpha value is -2.22. The minimum Gasteiger partial charge on any atom is -0.406 e.